The highest BCUT2D eigenvalue weighted by Crippen LogP contribution is 2.38. The number of methoxy groups -OCH3 is 1. The number of fused-ring (bicyclic) bond motifs is 1. The summed E-state index contributed by atoms with van der Waals surface area (Å²) in [5, 5.41) is 19.7. The first-order valence-electron chi connectivity index (χ1n) is 8.07. The van der Waals surface area contributed by atoms with E-state index in [1.807, 2.05) is 37.3 Å². The standard InChI is InChI=1S/C19H17ClN4O2/c1-10-7-14(16(26-2)8-11(10)20)24-9-15(25)17(18(24)21)19-22-12-5-3-4-6-13(12)23-19/h3-8,21,25H,9H2,1-2H3,(H,22,23). The molecule has 4 rings (SSSR count). The number of nitrogens with zero attached hydrogens (tertiary/aromatic N) is 2. The normalized spacial score (nSPS) is 14.6. The van der Waals surface area contributed by atoms with Gasteiger partial charge in [-0.3, -0.25) is 5.41 Å². The molecule has 6 nitrogen and oxygen atoms in total. The van der Waals surface area contributed by atoms with Crippen molar-refractivity contribution in [3.63, 3.8) is 0 Å². The lowest BCUT2D eigenvalue weighted by Gasteiger charge is -2.22. The minimum Gasteiger partial charge on any atom is -0.509 e. The van der Waals surface area contributed by atoms with Gasteiger partial charge in [-0.2, -0.15) is 0 Å². The minimum atomic E-state index is 0.0868. The molecule has 0 spiro atoms. The predicted molar refractivity (Wildman–Crippen MR) is 103 cm³/mol. The van der Waals surface area contributed by atoms with E-state index in [1.54, 1.807) is 18.1 Å². The highest BCUT2D eigenvalue weighted by Gasteiger charge is 2.33. The average molecular weight is 369 g/mol. The van der Waals surface area contributed by atoms with Crippen LogP contribution in [0.15, 0.2) is 42.2 Å². The second kappa shape index (κ2) is 6.07. The van der Waals surface area contributed by atoms with Crippen LogP contribution < -0.4 is 9.64 Å². The average Bonchev–Trinajstić information content (AvgIpc) is 3.17. The second-order valence-corrected chi connectivity index (χ2v) is 6.54. The first-order valence-corrected chi connectivity index (χ1v) is 8.45. The van der Waals surface area contributed by atoms with Crippen molar-refractivity contribution in [1.29, 1.82) is 5.41 Å². The van der Waals surface area contributed by atoms with E-state index >= 15 is 0 Å². The van der Waals surface area contributed by atoms with Gasteiger partial charge in [-0.05, 0) is 30.7 Å². The van der Waals surface area contributed by atoms with E-state index in [4.69, 9.17) is 21.7 Å². The fraction of sp³-hybridized carbons (Fsp3) is 0.158. The number of aryl methyl sites for hydroxylation is 1. The molecule has 1 aromatic heterocycles. The quantitative estimate of drug-likeness (QED) is 0.643. The molecule has 0 bridgehead atoms. The number of amidine groups is 1. The van der Waals surface area contributed by atoms with Gasteiger partial charge in [0, 0.05) is 11.1 Å². The zero-order valence-corrected chi connectivity index (χ0v) is 15.1. The molecule has 1 aliphatic heterocycles. The Hall–Kier alpha value is -2.99. The first-order chi connectivity index (χ1) is 12.5. The maximum Gasteiger partial charge on any atom is 0.145 e. The summed E-state index contributed by atoms with van der Waals surface area (Å²) in [7, 11) is 1.55. The Kier molecular flexibility index (Phi) is 3.85. The SMILES string of the molecule is COc1cc(Cl)c(C)cc1N1CC(O)=C(c2nc3ccccc3[nH]2)C1=N. The number of para-hydroxylation sites is 2. The van der Waals surface area contributed by atoms with Gasteiger partial charge < -0.3 is 19.7 Å². The number of aromatic amines is 1. The summed E-state index contributed by atoms with van der Waals surface area (Å²) >= 11 is 6.18. The van der Waals surface area contributed by atoms with Crippen LogP contribution >= 0.6 is 11.6 Å². The number of halogens is 1. The van der Waals surface area contributed by atoms with Crippen LogP contribution in [-0.2, 0) is 0 Å². The van der Waals surface area contributed by atoms with Gasteiger partial charge in [-0.15, -0.1) is 0 Å². The van der Waals surface area contributed by atoms with E-state index in [0.717, 1.165) is 16.6 Å². The topological polar surface area (TPSA) is 85.2 Å². The van der Waals surface area contributed by atoms with E-state index in [9.17, 15) is 5.11 Å². The number of aliphatic hydroxyl groups is 1. The summed E-state index contributed by atoms with van der Waals surface area (Å²) in [5.41, 5.74) is 3.57. The molecule has 0 aliphatic carbocycles. The Morgan fingerprint density at radius 1 is 1.31 bits per heavy atom. The van der Waals surface area contributed by atoms with Crippen LogP contribution in [0.5, 0.6) is 5.75 Å². The minimum absolute atomic E-state index is 0.0868. The second-order valence-electron chi connectivity index (χ2n) is 6.13. The fourth-order valence-corrected chi connectivity index (χ4v) is 3.28. The van der Waals surface area contributed by atoms with Crippen LogP contribution in [0.3, 0.4) is 0 Å². The van der Waals surface area contributed by atoms with Crippen LogP contribution in [0.4, 0.5) is 5.69 Å². The molecule has 2 aromatic carbocycles. The lowest BCUT2D eigenvalue weighted by Crippen LogP contribution is -2.26. The van der Waals surface area contributed by atoms with Gasteiger partial charge in [0.05, 0.1) is 35.9 Å². The number of aromatic nitrogens is 2. The third kappa shape index (κ3) is 2.50. The zero-order chi connectivity index (χ0) is 18.4. The molecule has 0 saturated carbocycles. The molecule has 0 unspecified atom stereocenters. The van der Waals surface area contributed by atoms with Crippen molar-refractivity contribution in [3.05, 3.63) is 58.6 Å². The highest BCUT2D eigenvalue weighted by atomic mass is 35.5. The third-order valence-corrected chi connectivity index (χ3v) is 4.89. The van der Waals surface area contributed by atoms with Crippen LogP contribution in [0.1, 0.15) is 11.4 Å². The van der Waals surface area contributed by atoms with Crippen molar-refractivity contribution in [2.45, 2.75) is 6.92 Å². The van der Waals surface area contributed by atoms with Crippen LogP contribution in [-0.4, -0.2) is 34.6 Å². The molecular weight excluding hydrogens is 352 g/mol. The molecule has 0 amide bonds. The number of hydrogen-bond acceptors (Lipinski definition) is 4. The number of aliphatic hydroxyl groups excluding tert-OH is 1. The number of rotatable bonds is 3. The number of hydrogen-bond donors (Lipinski definition) is 3. The van der Waals surface area contributed by atoms with Gasteiger partial charge in [0.1, 0.15) is 23.2 Å². The summed E-state index contributed by atoms with van der Waals surface area (Å²) in [4.78, 5) is 9.36. The predicted octanol–water partition coefficient (Wildman–Crippen LogP) is 4.30. The molecule has 26 heavy (non-hydrogen) atoms. The Morgan fingerprint density at radius 2 is 2.08 bits per heavy atom. The van der Waals surface area contributed by atoms with Crippen LogP contribution in [0, 0.1) is 12.3 Å². The lowest BCUT2D eigenvalue weighted by atomic mass is 10.1. The largest absolute Gasteiger partial charge is 0.509 e. The van der Waals surface area contributed by atoms with E-state index in [2.05, 4.69) is 9.97 Å². The molecule has 2 heterocycles. The van der Waals surface area contributed by atoms with Crippen molar-refractivity contribution in [3.8, 4) is 5.75 Å². The molecular formula is C19H17ClN4O2. The smallest absolute Gasteiger partial charge is 0.145 e. The number of H-pyrrole nitrogens is 1. The molecule has 0 radical (unpaired) electrons. The van der Waals surface area contributed by atoms with Crippen molar-refractivity contribution in [2.75, 3.05) is 18.6 Å². The van der Waals surface area contributed by atoms with Crippen molar-refractivity contribution >= 4 is 39.7 Å². The van der Waals surface area contributed by atoms with Gasteiger partial charge in [0.25, 0.3) is 0 Å². The number of nitrogens with one attached hydrogen (secondary N) is 2. The Morgan fingerprint density at radius 3 is 2.81 bits per heavy atom. The maximum atomic E-state index is 10.5. The highest BCUT2D eigenvalue weighted by molar-refractivity contribution is 6.32. The number of benzene rings is 2. The number of imidazole rings is 1. The summed E-state index contributed by atoms with van der Waals surface area (Å²) < 4.78 is 5.42. The van der Waals surface area contributed by atoms with E-state index in [0.29, 0.717) is 27.9 Å². The van der Waals surface area contributed by atoms with Gasteiger partial charge in [0.2, 0.25) is 0 Å². The lowest BCUT2D eigenvalue weighted by molar-refractivity contribution is 0.406. The Labute approximate surface area is 155 Å². The summed E-state index contributed by atoms with van der Waals surface area (Å²) in [6.45, 7) is 2.06. The summed E-state index contributed by atoms with van der Waals surface area (Å²) in [6.07, 6.45) is 0. The van der Waals surface area contributed by atoms with Crippen LogP contribution in [0.25, 0.3) is 16.6 Å². The van der Waals surface area contributed by atoms with Crippen molar-refractivity contribution < 1.29 is 9.84 Å². The van der Waals surface area contributed by atoms with Gasteiger partial charge >= 0.3 is 0 Å². The van der Waals surface area contributed by atoms with Gasteiger partial charge in [-0.25, -0.2) is 4.98 Å². The molecule has 0 saturated heterocycles. The molecule has 3 aromatic rings. The van der Waals surface area contributed by atoms with E-state index in [1.165, 1.54) is 0 Å². The number of anilines is 1. The fourth-order valence-electron chi connectivity index (χ4n) is 3.13. The molecule has 7 heteroatoms. The maximum absolute atomic E-state index is 10.5. The number of ether oxygens (including phenoxy) is 1. The van der Waals surface area contributed by atoms with Crippen molar-refractivity contribution in [2.24, 2.45) is 0 Å². The first kappa shape index (κ1) is 16.5. The molecule has 132 valence electrons. The molecule has 0 atom stereocenters. The summed E-state index contributed by atoms with van der Waals surface area (Å²) in [5.74, 6) is 1.26. The van der Waals surface area contributed by atoms with Gasteiger partial charge in [0.15, 0.2) is 0 Å². The van der Waals surface area contributed by atoms with Crippen LogP contribution in [0.2, 0.25) is 5.02 Å². The Balaban J connectivity index is 1.76. The van der Waals surface area contributed by atoms with E-state index < -0.39 is 0 Å². The summed E-state index contributed by atoms with van der Waals surface area (Å²) in [6, 6.07) is 11.2. The molecule has 0 fully saturated rings. The molecule has 1 aliphatic rings. The molecule has 3 N–H and O–H groups in total. The van der Waals surface area contributed by atoms with E-state index in [-0.39, 0.29) is 18.1 Å². The Bertz CT molecular complexity index is 1040. The zero-order valence-electron chi connectivity index (χ0n) is 14.3. The van der Waals surface area contributed by atoms with Crippen molar-refractivity contribution in [1.82, 2.24) is 9.97 Å². The monoisotopic (exact) mass is 368 g/mol. The third-order valence-electron chi connectivity index (χ3n) is 4.48. The van der Waals surface area contributed by atoms with Gasteiger partial charge in [-0.1, -0.05) is 23.7 Å².